The molecule has 2 aromatic heterocycles. The van der Waals surface area contributed by atoms with Gasteiger partial charge in [0.15, 0.2) is 17.4 Å². The first-order valence-electron chi connectivity index (χ1n) is 12.4. The highest BCUT2D eigenvalue weighted by atomic mass is 16.5. The zero-order chi connectivity index (χ0) is 28.9. The third-order valence-electron chi connectivity index (χ3n) is 6.17. The first-order valence-corrected chi connectivity index (χ1v) is 12.4. The lowest BCUT2D eigenvalue weighted by Crippen LogP contribution is -2.15. The van der Waals surface area contributed by atoms with Crippen LogP contribution in [0.5, 0.6) is 0 Å². The van der Waals surface area contributed by atoms with Crippen molar-refractivity contribution in [1.29, 1.82) is 0 Å². The molecule has 2 N–H and O–H groups in total. The molecule has 11 heteroatoms. The van der Waals surface area contributed by atoms with Crippen molar-refractivity contribution < 1.29 is 23.9 Å². The summed E-state index contributed by atoms with van der Waals surface area (Å²) in [7, 11) is 1.28. The van der Waals surface area contributed by atoms with Crippen molar-refractivity contribution >= 4 is 46.0 Å². The summed E-state index contributed by atoms with van der Waals surface area (Å²) in [5, 5.41) is 23.0. The SMILES string of the molecule is COC(=O)c1ccc(C(=O)Nc2ccc(-c3ccc(NC(=O)c4cccc5cccc(C(C)=O)c45)nn3)nn2)cc1. The molecule has 0 saturated heterocycles. The van der Waals surface area contributed by atoms with Gasteiger partial charge in [-0.25, -0.2) is 4.79 Å². The maximum absolute atomic E-state index is 13.1. The number of anilines is 2. The molecule has 5 rings (SSSR count). The molecule has 0 saturated carbocycles. The normalized spacial score (nSPS) is 10.6. The highest BCUT2D eigenvalue weighted by Crippen LogP contribution is 2.25. The number of nitrogens with zero attached hydrogens (tertiary/aromatic N) is 4. The summed E-state index contributed by atoms with van der Waals surface area (Å²) < 4.78 is 4.65. The zero-order valence-corrected chi connectivity index (χ0v) is 21.9. The molecule has 0 atom stereocenters. The van der Waals surface area contributed by atoms with Crippen LogP contribution >= 0.6 is 0 Å². The van der Waals surface area contributed by atoms with Crippen LogP contribution in [0.15, 0.2) is 84.9 Å². The molecule has 0 spiro atoms. The standard InChI is InChI=1S/C30H22N6O5/c1-17(37)21-7-3-5-18-6-4-8-22(27(18)21)29(39)32-26-16-14-24(34-36-26)23-13-15-25(35-33-23)31-28(38)19-9-11-20(12-10-19)30(40)41-2/h3-16H,1-2H3,(H,31,35,38)(H,32,36,39). The number of benzene rings is 3. The minimum absolute atomic E-state index is 0.138. The average Bonchev–Trinajstić information content (AvgIpc) is 3.00. The Morgan fingerprint density at radius 3 is 1.66 bits per heavy atom. The van der Waals surface area contributed by atoms with Gasteiger partial charge < -0.3 is 15.4 Å². The van der Waals surface area contributed by atoms with Gasteiger partial charge in [0.25, 0.3) is 11.8 Å². The van der Waals surface area contributed by atoms with Crippen LogP contribution in [-0.4, -0.2) is 51.1 Å². The molecule has 11 nitrogen and oxygen atoms in total. The molecule has 0 fully saturated rings. The lowest BCUT2D eigenvalue weighted by Gasteiger charge is -2.10. The summed E-state index contributed by atoms with van der Waals surface area (Å²) in [6, 6.07) is 22.9. The van der Waals surface area contributed by atoms with Gasteiger partial charge in [-0.15, -0.1) is 20.4 Å². The number of fused-ring (bicyclic) bond motifs is 1. The molecule has 0 bridgehead atoms. The number of nitrogens with one attached hydrogen (secondary N) is 2. The number of amides is 2. The first-order chi connectivity index (χ1) is 19.8. The summed E-state index contributed by atoms with van der Waals surface area (Å²) in [5.41, 5.74) is 2.27. The molecule has 0 aliphatic rings. The zero-order valence-electron chi connectivity index (χ0n) is 21.9. The molecular formula is C30H22N6O5. The van der Waals surface area contributed by atoms with Crippen LogP contribution in [0, 0.1) is 0 Å². The number of Topliss-reactive ketones (excluding diaryl/α,β-unsaturated/α-hetero) is 1. The molecule has 0 unspecified atom stereocenters. The number of methoxy groups -OCH3 is 1. The minimum atomic E-state index is -0.495. The van der Waals surface area contributed by atoms with Gasteiger partial charge in [-0.3, -0.25) is 14.4 Å². The Balaban J connectivity index is 1.26. The molecule has 2 heterocycles. The van der Waals surface area contributed by atoms with Gasteiger partial charge in [0.05, 0.1) is 12.7 Å². The molecule has 2 amide bonds. The van der Waals surface area contributed by atoms with Crippen molar-refractivity contribution in [1.82, 2.24) is 20.4 Å². The van der Waals surface area contributed by atoms with Crippen LogP contribution in [0.4, 0.5) is 11.6 Å². The number of carbonyl (C=O) groups is 4. The predicted molar refractivity (Wildman–Crippen MR) is 151 cm³/mol. The van der Waals surface area contributed by atoms with Crippen LogP contribution in [-0.2, 0) is 4.74 Å². The maximum atomic E-state index is 13.1. The summed E-state index contributed by atoms with van der Waals surface area (Å²) >= 11 is 0. The number of esters is 1. The van der Waals surface area contributed by atoms with Gasteiger partial charge in [0, 0.05) is 22.1 Å². The third kappa shape index (κ3) is 5.78. The van der Waals surface area contributed by atoms with Crippen molar-refractivity contribution in [2.75, 3.05) is 17.7 Å². The van der Waals surface area contributed by atoms with E-state index in [1.54, 1.807) is 48.5 Å². The fourth-order valence-corrected chi connectivity index (χ4v) is 4.14. The number of hydrogen-bond donors (Lipinski definition) is 2. The van der Waals surface area contributed by atoms with E-state index in [2.05, 4.69) is 35.8 Å². The van der Waals surface area contributed by atoms with Gasteiger partial charge in [-0.05, 0) is 66.9 Å². The molecule has 202 valence electrons. The van der Waals surface area contributed by atoms with E-state index in [9.17, 15) is 19.2 Å². The second-order valence-corrected chi connectivity index (χ2v) is 8.85. The van der Waals surface area contributed by atoms with Gasteiger partial charge in [-0.2, -0.15) is 0 Å². The fourth-order valence-electron chi connectivity index (χ4n) is 4.14. The van der Waals surface area contributed by atoms with E-state index < -0.39 is 17.8 Å². The van der Waals surface area contributed by atoms with Crippen molar-refractivity contribution in [2.24, 2.45) is 0 Å². The molecule has 0 aliphatic carbocycles. The average molecular weight is 547 g/mol. The lowest BCUT2D eigenvalue weighted by atomic mass is 9.97. The van der Waals surface area contributed by atoms with E-state index in [0.29, 0.717) is 39.0 Å². The second-order valence-electron chi connectivity index (χ2n) is 8.85. The number of aromatic nitrogens is 4. The van der Waals surface area contributed by atoms with Crippen LogP contribution in [0.1, 0.15) is 48.4 Å². The van der Waals surface area contributed by atoms with Gasteiger partial charge in [0.2, 0.25) is 0 Å². The summed E-state index contributed by atoms with van der Waals surface area (Å²) in [6.45, 7) is 1.46. The highest BCUT2D eigenvalue weighted by Gasteiger charge is 2.16. The van der Waals surface area contributed by atoms with E-state index in [1.807, 2.05) is 12.1 Å². The molecule has 0 aliphatic heterocycles. The van der Waals surface area contributed by atoms with E-state index in [0.717, 1.165) is 5.39 Å². The quantitative estimate of drug-likeness (QED) is 0.221. The van der Waals surface area contributed by atoms with Crippen LogP contribution in [0.2, 0.25) is 0 Å². The predicted octanol–water partition coefficient (Wildman–Crippen LogP) is 4.58. The summed E-state index contributed by atoms with van der Waals surface area (Å²) in [6.07, 6.45) is 0. The number of ketones is 1. The Kier molecular flexibility index (Phi) is 7.50. The summed E-state index contributed by atoms with van der Waals surface area (Å²) in [4.78, 5) is 49.3. The Hall–Kier alpha value is -5.84. The summed E-state index contributed by atoms with van der Waals surface area (Å²) in [5.74, 6) is -1.05. The van der Waals surface area contributed by atoms with Gasteiger partial charge in [-0.1, -0.05) is 30.3 Å². The minimum Gasteiger partial charge on any atom is -0.465 e. The largest absolute Gasteiger partial charge is 0.465 e. The van der Waals surface area contributed by atoms with Crippen molar-refractivity contribution in [2.45, 2.75) is 6.92 Å². The van der Waals surface area contributed by atoms with Crippen molar-refractivity contribution in [3.63, 3.8) is 0 Å². The second kappa shape index (κ2) is 11.5. The molecular weight excluding hydrogens is 524 g/mol. The van der Waals surface area contributed by atoms with Gasteiger partial charge >= 0.3 is 5.97 Å². The number of rotatable bonds is 7. The highest BCUT2D eigenvalue weighted by molar-refractivity contribution is 6.18. The van der Waals surface area contributed by atoms with Gasteiger partial charge in [0.1, 0.15) is 11.4 Å². The molecule has 5 aromatic rings. The van der Waals surface area contributed by atoms with E-state index in [-0.39, 0.29) is 17.4 Å². The van der Waals surface area contributed by atoms with Crippen LogP contribution in [0.3, 0.4) is 0 Å². The molecule has 41 heavy (non-hydrogen) atoms. The third-order valence-corrected chi connectivity index (χ3v) is 6.17. The van der Waals surface area contributed by atoms with Crippen LogP contribution in [0.25, 0.3) is 22.2 Å². The Bertz CT molecular complexity index is 1780. The molecule has 0 radical (unpaired) electrons. The number of carbonyl (C=O) groups excluding carboxylic acids is 4. The topological polar surface area (TPSA) is 153 Å². The van der Waals surface area contributed by atoms with E-state index in [1.165, 1.54) is 38.3 Å². The van der Waals surface area contributed by atoms with Crippen molar-refractivity contribution in [3.8, 4) is 11.4 Å². The van der Waals surface area contributed by atoms with E-state index >= 15 is 0 Å². The lowest BCUT2D eigenvalue weighted by molar-refractivity contribution is 0.0600. The molecule has 3 aromatic carbocycles. The number of hydrogen-bond acceptors (Lipinski definition) is 9. The van der Waals surface area contributed by atoms with E-state index in [4.69, 9.17) is 0 Å². The Morgan fingerprint density at radius 2 is 1.15 bits per heavy atom. The van der Waals surface area contributed by atoms with Crippen LogP contribution < -0.4 is 10.6 Å². The Morgan fingerprint density at radius 1 is 0.610 bits per heavy atom. The fraction of sp³-hybridized carbons (Fsp3) is 0.0667. The number of ether oxygens (including phenoxy) is 1. The first kappa shape index (κ1) is 26.8. The maximum Gasteiger partial charge on any atom is 0.337 e. The van der Waals surface area contributed by atoms with Crippen molar-refractivity contribution in [3.05, 3.63) is 107 Å². The smallest absolute Gasteiger partial charge is 0.337 e. The Labute approximate surface area is 233 Å². The monoisotopic (exact) mass is 546 g/mol.